The predicted molar refractivity (Wildman–Crippen MR) is 68.3 cm³/mol. The van der Waals surface area contributed by atoms with E-state index in [9.17, 15) is 19.8 Å². The number of ether oxygens (including phenoxy) is 3. The van der Waals surface area contributed by atoms with Crippen LogP contribution >= 0.6 is 0 Å². The third-order valence-corrected chi connectivity index (χ3v) is 7.34. The van der Waals surface area contributed by atoms with Gasteiger partial charge in [0.1, 0.15) is 18.3 Å². The summed E-state index contributed by atoms with van der Waals surface area (Å²) in [7, 11) is 0. The van der Waals surface area contributed by atoms with Crippen molar-refractivity contribution in [3.63, 3.8) is 0 Å². The van der Waals surface area contributed by atoms with Crippen molar-refractivity contribution in [2.45, 2.75) is 56.2 Å². The summed E-state index contributed by atoms with van der Waals surface area (Å²) in [6.07, 6.45) is -1.63. The first-order chi connectivity index (χ1) is 10.2. The average Bonchev–Trinajstić information content (AvgIpc) is 2.96. The van der Waals surface area contributed by atoms with E-state index in [1.54, 1.807) is 6.92 Å². The van der Waals surface area contributed by atoms with Gasteiger partial charge in [-0.1, -0.05) is 6.92 Å². The van der Waals surface area contributed by atoms with Gasteiger partial charge in [0.15, 0.2) is 6.10 Å². The summed E-state index contributed by atoms with van der Waals surface area (Å²) in [4.78, 5) is 24.6. The minimum absolute atomic E-state index is 0.0358. The van der Waals surface area contributed by atoms with E-state index in [0.717, 1.165) is 0 Å². The summed E-state index contributed by atoms with van der Waals surface area (Å²) >= 11 is 0. The lowest BCUT2D eigenvalue weighted by Gasteiger charge is -2.61. The van der Waals surface area contributed by atoms with Crippen LogP contribution in [0.5, 0.6) is 0 Å². The quantitative estimate of drug-likeness (QED) is 0.561. The highest BCUT2D eigenvalue weighted by molar-refractivity contribution is 5.88. The third kappa shape index (κ3) is 0.871. The molecule has 5 fully saturated rings. The van der Waals surface area contributed by atoms with Crippen LogP contribution < -0.4 is 0 Å². The van der Waals surface area contributed by atoms with E-state index >= 15 is 0 Å². The fourth-order valence-corrected chi connectivity index (χ4v) is 6.20. The molecule has 2 saturated carbocycles. The highest BCUT2D eigenvalue weighted by atomic mass is 16.6. The molecule has 7 heteroatoms. The molecule has 5 rings (SSSR count). The summed E-state index contributed by atoms with van der Waals surface area (Å²) in [6.45, 7) is 3.53. The van der Waals surface area contributed by atoms with Crippen LogP contribution in [0.15, 0.2) is 0 Å². The molecule has 120 valence electrons. The third-order valence-electron chi connectivity index (χ3n) is 7.34. The van der Waals surface area contributed by atoms with Crippen LogP contribution in [-0.2, 0) is 23.8 Å². The van der Waals surface area contributed by atoms with Gasteiger partial charge >= 0.3 is 11.9 Å². The Morgan fingerprint density at radius 1 is 1.23 bits per heavy atom. The minimum Gasteiger partial charge on any atom is -0.463 e. The fraction of sp³-hybridized carbons (Fsp3) is 0.867. The predicted octanol–water partition coefficient (Wildman–Crippen LogP) is -0.866. The van der Waals surface area contributed by atoms with Gasteiger partial charge in [0.05, 0.1) is 11.5 Å². The van der Waals surface area contributed by atoms with Crippen LogP contribution in [0.3, 0.4) is 0 Å². The zero-order chi connectivity index (χ0) is 15.7. The Bertz CT molecular complexity index is 633. The Labute approximate surface area is 126 Å². The number of rotatable bonds is 0. The summed E-state index contributed by atoms with van der Waals surface area (Å²) in [6, 6.07) is 0. The van der Waals surface area contributed by atoms with Gasteiger partial charge in [-0.15, -0.1) is 0 Å². The van der Waals surface area contributed by atoms with Crippen LogP contribution in [0.4, 0.5) is 0 Å². The molecule has 3 saturated heterocycles. The second kappa shape index (κ2) is 3.20. The lowest BCUT2D eigenvalue weighted by atomic mass is 9.45. The highest BCUT2D eigenvalue weighted by Crippen LogP contribution is 2.75. The maximum Gasteiger partial charge on any atom is 0.342 e. The Kier molecular flexibility index (Phi) is 1.93. The number of aliphatic hydroxyl groups is 2. The number of hydrogen-bond donors (Lipinski definition) is 2. The van der Waals surface area contributed by atoms with Crippen LogP contribution in [0.2, 0.25) is 0 Å². The molecule has 22 heavy (non-hydrogen) atoms. The monoisotopic (exact) mass is 310 g/mol. The molecular weight excluding hydrogens is 292 g/mol. The van der Waals surface area contributed by atoms with Crippen molar-refractivity contribution in [3.05, 3.63) is 0 Å². The number of cyclic esters (lactones) is 1. The molecule has 7 nitrogen and oxygen atoms in total. The number of hydrogen-bond acceptors (Lipinski definition) is 7. The van der Waals surface area contributed by atoms with E-state index in [2.05, 4.69) is 0 Å². The molecule has 0 aromatic carbocycles. The fourth-order valence-electron chi connectivity index (χ4n) is 6.20. The first kappa shape index (κ1) is 13.3. The molecule has 0 unspecified atom stereocenters. The SMILES string of the molecule is C[C@@H]1C[C@H]2O[C@H]3C(=O)O[C@@H]4C[C@@]13[C@@]2(O)[C@]1(C)COC(=O)[C@]41O. The maximum absolute atomic E-state index is 12.4. The summed E-state index contributed by atoms with van der Waals surface area (Å²) < 4.78 is 16.3. The molecular formula is C15H18O7. The topological polar surface area (TPSA) is 102 Å². The second-order valence-corrected chi connectivity index (χ2v) is 7.75. The molecule has 1 spiro atoms. The lowest BCUT2D eigenvalue weighted by Crippen LogP contribution is -2.79. The molecule has 0 radical (unpaired) electrons. The van der Waals surface area contributed by atoms with Gasteiger partial charge in [0, 0.05) is 5.41 Å². The molecule has 2 N–H and O–H groups in total. The smallest absolute Gasteiger partial charge is 0.342 e. The van der Waals surface area contributed by atoms with Crippen LogP contribution in [-0.4, -0.2) is 58.3 Å². The van der Waals surface area contributed by atoms with Crippen LogP contribution in [0.1, 0.15) is 26.7 Å². The molecule has 0 aromatic heterocycles. The van der Waals surface area contributed by atoms with E-state index in [0.29, 0.717) is 6.42 Å². The molecule has 3 aliphatic heterocycles. The average molecular weight is 310 g/mol. The van der Waals surface area contributed by atoms with E-state index in [4.69, 9.17) is 14.2 Å². The van der Waals surface area contributed by atoms with Gasteiger partial charge < -0.3 is 24.4 Å². The molecule has 8 atom stereocenters. The van der Waals surface area contributed by atoms with Gasteiger partial charge in [0.25, 0.3) is 0 Å². The summed E-state index contributed by atoms with van der Waals surface area (Å²) in [5.41, 5.74) is -5.60. The normalized spacial score (nSPS) is 64.4. The maximum atomic E-state index is 12.4. The minimum atomic E-state index is -2.03. The van der Waals surface area contributed by atoms with Crippen molar-refractivity contribution in [2.24, 2.45) is 16.7 Å². The van der Waals surface area contributed by atoms with Crippen molar-refractivity contribution >= 4 is 11.9 Å². The lowest BCUT2D eigenvalue weighted by molar-refractivity contribution is -0.292. The van der Waals surface area contributed by atoms with Gasteiger partial charge in [0.2, 0.25) is 5.60 Å². The van der Waals surface area contributed by atoms with E-state index in [1.807, 2.05) is 6.92 Å². The van der Waals surface area contributed by atoms with Crippen LogP contribution in [0.25, 0.3) is 0 Å². The summed E-state index contributed by atoms with van der Waals surface area (Å²) in [5.74, 6) is -1.39. The van der Waals surface area contributed by atoms with Gasteiger partial charge in [-0.25, -0.2) is 9.59 Å². The molecule has 5 aliphatic rings. The van der Waals surface area contributed by atoms with Gasteiger partial charge in [-0.05, 0) is 25.7 Å². The van der Waals surface area contributed by atoms with Gasteiger partial charge in [-0.3, -0.25) is 0 Å². The Balaban J connectivity index is 1.85. The largest absolute Gasteiger partial charge is 0.463 e. The van der Waals surface area contributed by atoms with Crippen molar-refractivity contribution in [2.75, 3.05) is 6.61 Å². The Morgan fingerprint density at radius 2 is 1.95 bits per heavy atom. The molecule has 0 amide bonds. The van der Waals surface area contributed by atoms with E-state index in [-0.39, 0.29) is 18.9 Å². The molecule has 3 bridgehead atoms. The standard InChI is InChI=1S/C15H18O7/c1-6-3-7-15(19)12(2)5-20-11(17)14(12,18)8-4-13(6,15)9(21-7)10(16)22-8/h6-9,18-19H,3-5H2,1-2H3/t6-,7-,8-,9+,12-,13-,14-,15+/m1/s1. The first-order valence-electron chi connectivity index (χ1n) is 7.71. The molecule has 2 aliphatic carbocycles. The zero-order valence-electron chi connectivity index (χ0n) is 12.4. The number of carbonyl (C=O) groups is 2. The number of esters is 2. The molecule has 0 aromatic rings. The molecule has 3 heterocycles. The van der Waals surface area contributed by atoms with E-state index < -0.39 is 52.3 Å². The summed E-state index contributed by atoms with van der Waals surface area (Å²) in [5, 5.41) is 22.8. The number of fused-ring (bicyclic) bond motifs is 3. The van der Waals surface area contributed by atoms with Crippen LogP contribution in [0, 0.1) is 16.7 Å². The zero-order valence-corrected chi connectivity index (χ0v) is 12.4. The number of carbonyl (C=O) groups excluding carboxylic acids is 2. The van der Waals surface area contributed by atoms with Crippen molar-refractivity contribution in [1.29, 1.82) is 0 Å². The highest BCUT2D eigenvalue weighted by Gasteiger charge is 2.91. The van der Waals surface area contributed by atoms with Crippen molar-refractivity contribution < 1.29 is 34.0 Å². The second-order valence-electron chi connectivity index (χ2n) is 7.75. The van der Waals surface area contributed by atoms with Crippen molar-refractivity contribution in [3.8, 4) is 0 Å². The van der Waals surface area contributed by atoms with E-state index in [1.165, 1.54) is 0 Å². The Hall–Kier alpha value is -1.18. The van der Waals surface area contributed by atoms with Gasteiger partial charge in [-0.2, -0.15) is 0 Å². The van der Waals surface area contributed by atoms with Crippen molar-refractivity contribution in [1.82, 2.24) is 0 Å². The Morgan fingerprint density at radius 3 is 2.68 bits per heavy atom. The first-order valence-corrected chi connectivity index (χ1v) is 7.71.